The summed E-state index contributed by atoms with van der Waals surface area (Å²) < 4.78 is 1.97. The van der Waals surface area contributed by atoms with Gasteiger partial charge in [0.25, 0.3) is 5.95 Å². The summed E-state index contributed by atoms with van der Waals surface area (Å²) in [4.78, 5) is 12.5. The second kappa shape index (κ2) is 5.18. The molecule has 0 bridgehead atoms. The average molecular weight is 352 g/mol. The summed E-state index contributed by atoms with van der Waals surface area (Å²) in [6.45, 7) is 0. The molecule has 2 N–H and O–H groups in total. The summed E-state index contributed by atoms with van der Waals surface area (Å²) in [5.74, 6) is 0.563. The molecule has 0 aliphatic carbocycles. The molecule has 0 aliphatic rings. The zero-order valence-electron chi connectivity index (χ0n) is 10.0. The Morgan fingerprint density at radius 3 is 2.80 bits per heavy atom. The number of anilines is 1. The largest absolute Gasteiger partial charge is 0.383 e. The Kier molecular flexibility index (Phi) is 3.37. The molecular formula is C12H8BrClN6. The van der Waals surface area contributed by atoms with Crippen molar-refractivity contribution in [3.05, 3.63) is 46.4 Å². The summed E-state index contributed by atoms with van der Waals surface area (Å²) >= 11 is 9.17. The van der Waals surface area contributed by atoms with Gasteiger partial charge >= 0.3 is 0 Å². The SMILES string of the molecule is Nc1nc(-n2cc(-c3ccccn3)cn2)nc(Cl)c1Br. The van der Waals surface area contributed by atoms with Crippen LogP contribution in [0.5, 0.6) is 0 Å². The van der Waals surface area contributed by atoms with Crippen molar-refractivity contribution in [2.45, 2.75) is 0 Å². The van der Waals surface area contributed by atoms with E-state index >= 15 is 0 Å². The van der Waals surface area contributed by atoms with Gasteiger partial charge in [0.15, 0.2) is 5.15 Å². The van der Waals surface area contributed by atoms with Crippen molar-refractivity contribution in [1.82, 2.24) is 24.7 Å². The fraction of sp³-hybridized carbons (Fsp3) is 0. The summed E-state index contributed by atoms with van der Waals surface area (Å²) in [6, 6.07) is 5.65. The van der Waals surface area contributed by atoms with E-state index in [1.807, 2.05) is 18.2 Å². The molecule has 0 atom stereocenters. The Balaban J connectivity index is 2.03. The number of nitrogens with zero attached hydrogens (tertiary/aromatic N) is 5. The molecule has 6 nitrogen and oxygen atoms in total. The van der Waals surface area contributed by atoms with Crippen LogP contribution in [0, 0.1) is 0 Å². The molecule has 0 radical (unpaired) electrons. The van der Waals surface area contributed by atoms with E-state index < -0.39 is 0 Å². The zero-order valence-corrected chi connectivity index (χ0v) is 12.4. The highest BCUT2D eigenvalue weighted by Gasteiger charge is 2.11. The maximum absolute atomic E-state index is 5.96. The van der Waals surface area contributed by atoms with Crippen molar-refractivity contribution < 1.29 is 0 Å². The summed E-state index contributed by atoms with van der Waals surface area (Å²) in [5, 5.41) is 4.44. The lowest BCUT2D eigenvalue weighted by Crippen LogP contribution is -2.05. The molecule has 20 heavy (non-hydrogen) atoms. The minimum atomic E-state index is 0.238. The second-order valence-electron chi connectivity index (χ2n) is 3.90. The molecule has 8 heteroatoms. The lowest BCUT2D eigenvalue weighted by Gasteiger charge is -2.03. The van der Waals surface area contributed by atoms with Crippen LogP contribution >= 0.6 is 27.5 Å². The molecule has 100 valence electrons. The second-order valence-corrected chi connectivity index (χ2v) is 5.05. The first-order valence-corrected chi connectivity index (χ1v) is 6.77. The summed E-state index contributed by atoms with van der Waals surface area (Å²) in [5.41, 5.74) is 7.41. The third-order valence-corrected chi connectivity index (χ3v) is 3.86. The fourth-order valence-electron chi connectivity index (χ4n) is 1.62. The molecule has 0 fully saturated rings. The van der Waals surface area contributed by atoms with E-state index in [-0.39, 0.29) is 11.0 Å². The Hall–Kier alpha value is -1.99. The van der Waals surface area contributed by atoms with Crippen molar-refractivity contribution >= 4 is 33.3 Å². The van der Waals surface area contributed by atoms with Gasteiger partial charge < -0.3 is 5.73 Å². The summed E-state index contributed by atoms with van der Waals surface area (Å²) in [7, 11) is 0. The van der Waals surface area contributed by atoms with Crippen LogP contribution < -0.4 is 5.73 Å². The van der Waals surface area contributed by atoms with E-state index in [1.54, 1.807) is 18.6 Å². The normalized spacial score (nSPS) is 10.7. The van der Waals surface area contributed by atoms with E-state index in [4.69, 9.17) is 17.3 Å². The van der Waals surface area contributed by atoms with Crippen LogP contribution in [0.2, 0.25) is 5.15 Å². The highest BCUT2D eigenvalue weighted by Crippen LogP contribution is 2.26. The van der Waals surface area contributed by atoms with Crippen LogP contribution in [0.15, 0.2) is 41.3 Å². The molecule has 3 heterocycles. The minimum absolute atomic E-state index is 0.238. The smallest absolute Gasteiger partial charge is 0.254 e. The van der Waals surface area contributed by atoms with Gasteiger partial charge in [-0.2, -0.15) is 15.1 Å². The number of nitrogens with two attached hydrogens (primary N) is 1. The number of pyridine rings is 1. The first-order valence-electron chi connectivity index (χ1n) is 5.60. The Labute approximate surface area is 127 Å². The zero-order chi connectivity index (χ0) is 14.1. The third kappa shape index (κ3) is 2.37. The highest BCUT2D eigenvalue weighted by molar-refractivity contribution is 9.10. The number of hydrogen-bond acceptors (Lipinski definition) is 5. The van der Waals surface area contributed by atoms with Crippen LogP contribution in [-0.4, -0.2) is 24.7 Å². The molecule has 0 unspecified atom stereocenters. The van der Waals surface area contributed by atoms with Crippen molar-refractivity contribution in [3.63, 3.8) is 0 Å². The Morgan fingerprint density at radius 2 is 2.10 bits per heavy atom. The summed E-state index contributed by atoms with van der Waals surface area (Å²) in [6.07, 6.45) is 5.16. The van der Waals surface area contributed by atoms with Crippen molar-refractivity contribution in [3.8, 4) is 17.2 Å². The van der Waals surface area contributed by atoms with E-state index in [0.29, 0.717) is 10.4 Å². The van der Waals surface area contributed by atoms with Gasteiger partial charge in [0, 0.05) is 18.0 Å². The molecular weight excluding hydrogens is 344 g/mol. The van der Waals surface area contributed by atoms with Crippen LogP contribution in [0.4, 0.5) is 5.82 Å². The molecule has 0 amide bonds. The molecule has 3 rings (SSSR count). The van der Waals surface area contributed by atoms with Gasteiger partial charge in [-0.05, 0) is 28.1 Å². The van der Waals surface area contributed by atoms with Gasteiger partial charge in [0.1, 0.15) is 5.82 Å². The molecule has 3 aromatic rings. The van der Waals surface area contributed by atoms with E-state index in [2.05, 4.69) is 36.0 Å². The first kappa shape index (κ1) is 13.0. The molecule has 0 saturated carbocycles. The van der Waals surface area contributed by atoms with Gasteiger partial charge in [-0.25, -0.2) is 4.68 Å². The lowest BCUT2D eigenvalue weighted by molar-refractivity contribution is 0.809. The maximum Gasteiger partial charge on any atom is 0.254 e. The van der Waals surface area contributed by atoms with Crippen LogP contribution in [0.1, 0.15) is 0 Å². The molecule has 0 aliphatic heterocycles. The number of hydrogen-bond donors (Lipinski definition) is 1. The van der Waals surface area contributed by atoms with E-state index in [1.165, 1.54) is 4.68 Å². The standard InChI is InChI=1S/C12H8BrClN6/c13-9-10(14)18-12(19-11(9)15)20-6-7(5-17-20)8-3-1-2-4-16-8/h1-6H,(H2,15,18,19). The number of aromatic nitrogens is 5. The Bertz CT molecular complexity index is 735. The maximum atomic E-state index is 5.96. The predicted octanol–water partition coefficient (Wildman–Crippen LogP) is 2.72. The van der Waals surface area contributed by atoms with Gasteiger partial charge in [0.2, 0.25) is 0 Å². The third-order valence-electron chi connectivity index (χ3n) is 2.57. The first-order chi connectivity index (χ1) is 9.65. The molecule has 0 spiro atoms. The van der Waals surface area contributed by atoms with Crippen molar-refractivity contribution in [2.75, 3.05) is 5.73 Å². The van der Waals surface area contributed by atoms with Crippen LogP contribution in [0.3, 0.4) is 0 Å². The van der Waals surface area contributed by atoms with Crippen molar-refractivity contribution in [1.29, 1.82) is 0 Å². The number of rotatable bonds is 2. The predicted molar refractivity (Wildman–Crippen MR) is 79.5 cm³/mol. The van der Waals surface area contributed by atoms with Gasteiger partial charge in [0.05, 0.1) is 16.4 Å². The van der Waals surface area contributed by atoms with Gasteiger partial charge in [-0.3, -0.25) is 4.98 Å². The van der Waals surface area contributed by atoms with Crippen LogP contribution in [-0.2, 0) is 0 Å². The number of halogens is 2. The lowest BCUT2D eigenvalue weighted by atomic mass is 10.2. The quantitative estimate of drug-likeness (QED) is 0.718. The fourth-order valence-corrected chi connectivity index (χ4v) is 1.97. The molecule has 0 aromatic carbocycles. The average Bonchev–Trinajstić information content (AvgIpc) is 2.95. The topological polar surface area (TPSA) is 82.5 Å². The van der Waals surface area contributed by atoms with Gasteiger partial charge in [-0.1, -0.05) is 17.7 Å². The van der Waals surface area contributed by atoms with Crippen molar-refractivity contribution in [2.24, 2.45) is 0 Å². The Morgan fingerprint density at radius 1 is 1.25 bits per heavy atom. The number of nitrogen functional groups attached to an aromatic ring is 1. The minimum Gasteiger partial charge on any atom is -0.383 e. The monoisotopic (exact) mass is 350 g/mol. The van der Waals surface area contributed by atoms with Crippen LogP contribution in [0.25, 0.3) is 17.2 Å². The van der Waals surface area contributed by atoms with E-state index in [9.17, 15) is 0 Å². The molecule has 0 saturated heterocycles. The molecule has 3 aromatic heterocycles. The van der Waals surface area contributed by atoms with E-state index in [0.717, 1.165) is 11.3 Å². The van der Waals surface area contributed by atoms with Gasteiger partial charge in [-0.15, -0.1) is 0 Å². The highest BCUT2D eigenvalue weighted by atomic mass is 79.9.